The number of aromatic nitrogens is 1. The predicted octanol–water partition coefficient (Wildman–Crippen LogP) is 4.74. The lowest BCUT2D eigenvalue weighted by molar-refractivity contribution is -0.274. The van der Waals surface area contributed by atoms with Crippen molar-refractivity contribution in [3.05, 3.63) is 65.4 Å². The minimum atomic E-state index is -4.77. The molecule has 9 heteroatoms. The summed E-state index contributed by atoms with van der Waals surface area (Å²) in [5.41, 5.74) is 2.22. The van der Waals surface area contributed by atoms with Gasteiger partial charge in [-0.2, -0.15) is 5.26 Å². The fourth-order valence-electron chi connectivity index (χ4n) is 4.42. The van der Waals surface area contributed by atoms with Crippen LogP contribution in [0.4, 0.5) is 13.2 Å². The molecule has 0 aliphatic heterocycles. The van der Waals surface area contributed by atoms with Gasteiger partial charge in [0.05, 0.1) is 17.7 Å². The van der Waals surface area contributed by atoms with Crippen molar-refractivity contribution in [2.24, 2.45) is 5.92 Å². The molecule has 0 bridgehead atoms. The van der Waals surface area contributed by atoms with Crippen LogP contribution in [0, 0.1) is 17.2 Å². The van der Waals surface area contributed by atoms with Gasteiger partial charge >= 0.3 is 6.36 Å². The summed E-state index contributed by atoms with van der Waals surface area (Å²) in [7, 11) is 0. The smallest absolute Gasteiger partial charge is 0.406 e. The minimum Gasteiger partial charge on any atom is -0.406 e. The number of rotatable bonds is 6. The Labute approximate surface area is 194 Å². The van der Waals surface area contributed by atoms with E-state index in [0.29, 0.717) is 28.8 Å². The van der Waals surface area contributed by atoms with Crippen LogP contribution >= 0.6 is 0 Å². The van der Waals surface area contributed by atoms with E-state index < -0.39 is 12.5 Å². The van der Waals surface area contributed by atoms with Gasteiger partial charge in [0, 0.05) is 29.9 Å². The molecule has 2 aromatic carbocycles. The number of amides is 1. The van der Waals surface area contributed by atoms with E-state index in [-0.39, 0.29) is 24.1 Å². The quantitative estimate of drug-likeness (QED) is 0.544. The molecule has 1 saturated carbocycles. The van der Waals surface area contributed by atoms with Crippen LogP contribution in [0.5, 0.6) is 5.75 Å². The summed E-state index contributed by atoms with van der Waals surface area (Å²) >= 11 is 0. The third kappa shape index (κ3) is 5.51. The minimum absolute atomic E-state index is 0.00176. The maximum Gasteiger partial charge on any atom is 0.573 e. The van der Waals surface area contributed by atoms with Gasteiger partial charge < -0.3 is 19.7 Å². The lowest BCUT2D eigenvalue weighted by Gasteiger charge is -2.27. The number of fused-ring (bicyclic) bond motifs is 1. The van der Waals surface area contributed by atoms with E-state index in [1.807, 2.05) is 0 Å². The molecule has 178 valence electrons. The molecular formula is C25H24F3N3O3. The second-order valence-corrected chi connectivity index (χ2v) is 8.51. The summed E-state index contributed by atoms with van der Waals surface area (Å²) in [5, 5.41) is 23.1. The first kappa shape index (κ1) is 23.6. The topological polar surface area (TPSA) is 87.3 Å². The number of nitriles is 1. The number of nitrogens with zero attached hydrogens (tertiary/aromatic N) is 2. The Morgan fingerprint density at radius 1 is 1.15 bits per heavy atom. The Morgan fingerprint density at radius 3 is 2.56 bits per heavy atom. The van der Waals surface area contributed by atoms with Crippen molar-refractivity contribution < 1.29 is 27.8 Å². The number of carbonyl (C=O) groups excluding carboxylic acids is 1. The molecule has 1 aliphatic carbocycles. The van der Waals surface area contributed by atoms with E-state index in [1.54, 1.807) is 28.8 Å². The van der Waals surface area contributed by atoms with Crippen LogP contribution in [0.25, 0.3) is 10.9 Å². The Balaban J connectivity index is 1.60. The molecule has 0 saturated heterocycles. The molecule has 1 aliphatic rings. The molecule has 34 heavy (non-hydrogen) atoms. The highest BCUT2D eigenvalue weighted by molar-refractivity contribution is 5.99. The van der Waals surface area contributed by atoms with E-state index in [4.69, 9.17) is 0 Å². The number of halogens is 3. The molecule has 1 heterocycles. The van der Waals surface area contributed by atoms with Crippen LogP contribution in [-0.2, 0) is 6.54 Å². The molecule has 1 fully saturated rings. The number of aliphatic hydroxyl groups excluding tert-OH is 1. The summed E-state index contributed by atoms with van der Waals surface area (Å²) in [5.74, 6) is -0.636. The second-order valence-electron chi connectivity index (χ2n) is 8.51. The summed E-state index contributed by atoms with van der Waals surface area (Å²) in [4.78, 5) is 13.1. The lowest BCUT2D eigenvalue weighted by Crippen LogP contribution is -2.37. The standard InChI is InChI=1S/C25H24F3N3O3/c26-25(27,28)34-20-8-5-16(6-9-20)15-31-21-10-7-17(13-29)11-19(21)12-22(31)24(33)30-14-18-3-1-2-4-23(18)32/h5-12,18,23,32H,1-4,14-15H2,(H,30,33). The van der Waals surface area contributed by atoms with E-state index in [9.17, 15) is 28.3 Å². The summed E-state index contributed by atoms with van der Waals surface area (Å²) < 4.78 is 43.0. The predicted molar refractivity (Wildman–Crippen MR) is 119 cm³/mol. The van der Waals surface area contributed by atoms with Crippen molar-refractivity contribution in [3.8, 4) is 11.8 Å². The van der Waals surface area contributed by atoms with E-state index >= 15 is 0 Å². The van der Waals surface area contributed by atoms with Crippen LogP contribution < -0.4 is 10.1 Å². The van der Waals surface area contributed by atoms with Crippen LogP contribution in [0.15, 0.2) is 48.5 Å². The fraction of sp³-hybridized carbons (Fsp3) is 0.360. The highest BCUT2D eigenvalue weighted by Crippen LogP contribution is 2.27. The number of carbonyl (C=O) groups is 1. The van der Waals surface area contributed by atoms with Gasteiger partial charge in [-0.3, -0.25) is 4.79 Å². The number of hydrogen-bond donors (Lipinski definition) is 2. The molecule has 1 aromatic heterocycles. The third-order valence-corrected chi connectivity index (χ3v) is 6.15. The number of ether oxygens (including phenoxy) is 1. The van der Waals surface area contributed by atoms with E-state index in [2.05, 4.69) is 16.1 Å². The average Bonchev–Trinajstić information content (AvgIpc) is 3.16. The maximum atomic E-state index is 13.1. The Kier molecular flexibility index (Phi) is 6.80. The highest BCUT2D eigenvalue weighted by atomic mass is 19.4. The van der Waals surface area contributed by atoms with Crippen LogP contribution in [0.3, 0.4) is 0 Å². The first-order valence-corrected chi connectivity index (χ1v) is 11.1. The van der Waals surface area contributed by atoms with Crippen LogP contribution in [-0.4, -0.2) is 34.6 Å². The van der Waals surface area contributed by atoms with Crippen molar-refractivity contribution in [2.75, 3.05) is 6.54 Å². The molecule has 2 unspecified atom stereocenters. The Hall–Kier alpha value is -3.51. The van der Waals surface area contributed by atoms with Gasteiger partial charge in [0.25, 0.3) is 5.91 Å². The summed E-state index contributed by atoms with van der Waals surface area (Å²) in [6.45, 7) is 0.588. The van der Waals surface area contributed by atoms with Crippen molar-refractivity contribution in [3.63, 3.8) is 0 Å². The lowest BCUT2D eigenvalue weighted by atomic mass is 9.86. The molecular weight excluding hydrogens is 447 g/mol. The SMILES string of the molecule is N#Cc1ccc2c(c1)cc(C(=O)NCC1CCCCC1O)n2Cc1ccc(OC(F)(F)F)cc1. The number of alkyl halides is 3. The molecule has 2 atom stereocenters. The van der Waals surface area contributed by atoms with Gasteiger partial charge in [-0.05, 0) is 54.8 Å². The van der Waals surface area contributed by atoms with Crippen molar-refractivity contribution in [2.45, 2.75) is 44.7 Å². The van der Waals surface area contributed by atoms with Crippen LogP contribution in [0.2, 0.25) is 0 Å². The van der Waals surface area contributed by atoms with Gasteiger partial charge in [-0.25, -0.2) is 0 Å². The Bertz CT molecular complexity index is 1210. The van der Waals surface area contributed by atoms with Gasteiger partial charge in [0.2, 0.25) is 0 Å². The number of aliphatic hydroxyl groups is 1. The second kappa shape index (κ2) is 9.77. The maximum absolute atomic E-state index is 13.1. The highest BCUT2D eigenvalue weighted by Gasteiger charge is 2.31. The molecule has 2 N–H and O–H groups in total. The fourth-order valence-corrected chi connectivity index (χ4v) is 4.42. The summed E-state index contributed by atoms with van der Waals surface area (Å²) in [6, 6.07) is 14.3. The van der Waals surface area contributed by atoms with E-state index in [0.717, 1.165) is 31.2 Å². The third-order valence-electron chi connectivity index (χ3n) is 6.15. The zero-order chi connectivity index (χ0) is 24.3. The zero-order valence-corrected chi connectivity index (χ0v) is 18.3. The van der Waals surface area contributed by atoms with Gasteiger partial charge in [0.1, 0.15) is 11.4 Å². The normalized spacial score (nSPS) is 18.4. The number of benzene rings is 2. The molecule has 6 nitrogen and oxygen atoms in total. The van der Waals surface area contributed by atoms with Crippen molar-refractivity contribution in [1.82, 2.24) is 9.88 Å². The molecule has 0 radical (unpaired) electrons. The van der Waals surface area contributed by atoms with Gasteiger partial charge in [0.15, 0.2) is 0 Å². The zero-order valence-electron chi connectivity index (χ0n) is 18.3. The average molecular weight is 471 g/mol. The van der Waals surface area contributed by atoms with E-state index in [1.165, 1.54) is 24.3 Å². The molecule has 3 aromatic rings. The van der Waals surface area contributed by atoms with Gasteiger partial charge in [-0.1, -0.05) is 25.0 Å². The first-order valence-electron chi connectivity index (χ1n) is 11.1. The number of hydrogen-bond acceptors (Lipinski definition) is 4. The Morgan fingerprint density at radius 2 is 1.88 bits per heavy atom. The number of nitrogens with one attached hydrogen (secondary N) is 1. The van der Waals surface area contributed by atoms with Crippen molar-refractivity contribution in [1.29, 1.82) is 5.26 Å². The summed E-state index contributed by atoms with van der Waals surface area (Å²) in [6.07, 6.45) is -1.63. The van der Waals surface area contributed by atoms with Crippen LogP contribution in [0.1, 0.15) is 47.3 Å². The largest absolute Gasteiger partial charge is 0.573 e. The van der Waals surface area contributed by atoms with Gasteiger partial charge in [-0.15, -0.1) is 13.2 Å². The first-order chi connectivity index (χ1) is 16.2. The molecule has 0 spiro atoms. The molecule has 1 amide bonds. The van der Waals surface area contributed by atoms with Crippen molar-refractivity contribution >= 4 is 16.8 Å². The molecule has 4 rings (SSSR count). The monoisotopic (exact) mass is 471 g/mol.